The van der Waals surface area contributed by atoms with E-state index in [0.29, 0.717) is 28.5 Å². The van der Waals surface area contributed by atoms with Crippen LogP contribution < -0.4 is 10.6 Å². The molecule has 7 nitrogen and oxygen atoms in total. The number of fused-ring (bicyclic) bond motifs is 1. The number of hydrogen-bond donors (Lipinski definition) is 1. The fraction of sp³-hybridized carbons (Fsp3) is 0.500. The van der Waals surface area contributed by atoms with Crippen molar-refractivity contribution in [3.8, 4) is 0 Å². The molecule has 0 spiro atoms. The fourth-order valence-electron chi connectivity index (χ4n) is 2.40. The van der Waals surface area contributed by atoms with Crippen LogP contribution in [0.25, 0.3) is 10.2 Å². The summed E-state index contributed by atoms with van der Waals surface area (Å²) in [6.07, 6.45) is 1.70. The lowest BCUT2D eigenvalue weighted by molar-refractivity contribution is 0.0533. The summed E-state index contributed by atoms with van der Waals surface area (Å²) in [4.78, 5) is 26.4. The molecular formula is C14H19N5O2S. The van der Waals surface area contributed by atoms with E-state index in [1.165, 1.54) is 11.3 Å². The molecule has 1 aliphatic rings. The molecule has 0 unspecified atom stereocenters. The number of carbonyl (C=O) groups is 1. The Hall–Kier alpha value is -1.93. The van der Waals surface area contributed by atoms with Crippen molar-refractivity contribution >= 4 is 39.2 Å². The van der Waals surface area contributed by atoms with Crippen LogP contribution >= 0.6 is 11.3 Å². The number of ether oxygens (including phenoxy) is 1. The highest BCUT2D eigenvalue weighted by atomic mass is 32.1. The Balaban J connectivity index is 1.91. The molecule has 2 N–H and O–H groups in total. The van der Waals surface area contributed by atoms with Crippen LogP contribution in [0.15, 0.2) is 6.20 Å². The SMILES string of the molecule is CCOC(=O)c1sc2nc(N3CCN(C)CC3)ncc2c1N. The van der Waals surface area contributed by atoms with Crippen molar-refractivity contribution in [3.63, 3.8) is 0 Å². The van der Waals surface area contributed by atoms with Gasteiger partial charge < -0.3 is 20.3 Å². The van der Waals surface area contributed by atoms with Crippen LogP contribution in [0.5, 0.6) is 0 Å². The number of carbonyl (C=O) groups excluding carboxylic acids is 1. The third kappa shape index (κ3) is 2.71. The number of rotatable bonds is 3. The molecule has 0 saturated carbocycles. The summed E-state index contributed by atoms with van der Waals surface area (Å²) >= 11 is 1.26. The number of hydrogen-bond acceptors (Lipinski definition) is 8. The van der Waals surface area contributed by atoms with Gasteiger partial charge in [0.2, 0.25) is 5.95 Å². The van der Waals surface area contributed by atoms with Crippen LogP contribution in [0, 0.1) is 0 Å². The van der Waals surface area contributed by atoms with Crippen molar-refractivity contribution in [2.24, 2.45) is 0 Å². The normalized spacial score (nSPS) is 16.2. The largest absolute Gasteiger partial charge is 0.462 e. The van der Waals surface area contributed by atoms with E-state index in [4.69, 9.17) is 10.5 Å². The summed E-state index contributed by atoms with van der Waals surface area (Å²) in [5, 5.41) is 0.714. The van der Waals surface area contributed by atoms with Crippen LogP contribution in [-0.4, -0.2) is 60.7 Å². The number of esters is 1. The average molecular weight is 321 g/mol. The van der Waals surface area contributed by atoms with Gasteiger partial charge in [-0.2, -0.15) is 0 Å². The van der Waals surface area contributed by atoms with Crippen molar-refractivity contribution < 1.29 is 9.53 Å². The molecule has 22 heavy (non-hydrogen) atoms. The zero-order chi connectivity index (χ0) is 15.7. The second kappa shape index (κ2) is 6.05. The van der Waals surface area contributed by atoms with Crippen molar-refractivity contribution in [2.75, 3.05) is 50.5 Å². The number of anilines is 2. The molecule has 1 aliphatic heterocycles. The summed E-state index contributed by atoms with van der Waals surface area (Å²) < 4.78 is 5.02. The first-order valence-electron chi connectivity index (χ1n) is 7.25. The molecule has 0 bridgehead atoms. The summed E-state index contributed by atoms with van der Waals surface area (Å²) in [7, 11) is 2.10. The number of thiophene rings is 1. The van der Waals surface area contributed by atoms with Gasteiger partial charge in [0.15, 0.2) is 0 Å². The molecule has 3 rings (SSSR count). The minimum absolute atomic E-state index is 0.324. The Morgan fingerprint density at radius 2 is 2.14 bits per heavy atom. The average Bonchev–Trinajstić information content (AvgIpc) is 2.85. The summed E-state index contributed by atoms with van der Waals surface area (Å²) in [6, 6.07) is 0. The van der Waals surface area contributed by atoms with Gasteiger partial charge in [0.05, 0.1) is 17.7 Å². The second-order valence-electron chi connectivity index (χ2n) is 5.24. The van der Waals surface area contributed by atoms with Gasteiger partial charge in [0.1, 0.15) is 9.71 Å². The third-order valence-corrected chi connectivity index (χ3v) is 4.82. The number of piperazine rings is 1. The molecule has 3 heterocycles. The van der Waals surface area contributed by atoms with E-state index in [9.17, 15) is 4.79 Å². The van der Waals surface area contributed by atoms with Gasteiger partial charge in [-0.15, -0.1) is 11.3 Å². The topological polar surface area (TPSA) is 84.6 Å². The van der Waals surface area contributed by atoms with Gasteiger partial charge in [-0.05, 0) is 14.0 Å². The number of likely N-dealkylation sites (N-methyl/N-ethyl adjacent to an activating group) is 1. The van der Waals surface area contributed by atoms with Gasteiger partial charge in [0, 0.05) is 32.4 Å². The lowest BCUT2D eigenvalue weighted by Crippen LogP contribution is -2.45. The first-order valence-corrected chi connectivity index (χ1v) is 8.07. The molecule has 2 aromatic rings. The monoisotopic (exact) mass is 321 g/mol. The van der Waals surface area contributed by atoms with Gasteiger partial charge in [-0.3, -0.25) is 0 Å². The Labute approximate surface area is 132 Å². The highest BCUT2D eigenvalue weighted by molar-refractivity contribution is 7.21. The molecule has 0 amide bonds. The van der Waals surface area contributed by atoms with E-state index in [-0.39, 0.29) is 0 Å². The van der Waals surface area contributed by atoms with Crippen LogP contribution in [0.3, 0.4) is 0 Å². The predicted octanol–water partition coefficient (Wildman–Crippen LogP) is 1.20. The highest BCUT2D eigenvalue weighted by Gasteiger charge is 2.21. The summed E-state index contributed by atoms with van der Waals surface area (Å²) in [5.74, 6) is 0.293. The predicted molar refractivity (Wildman–Crippen MR) is 87.5 cm³/mol. The molecular weight excluding hydrogens is 302 g/mol. The minimum Gasteiger partial charge on any atom is -0.462 e. The Kier molecular flexibility index (Phi) is 4.12. The zero-order valence-electron chi connectivity index (χ0n) is 12.7. The van der Waals surface area contributed by atoms with Crippen molar-refractivity contribution in [2.45, 2.75) is 6.92 Å². The van der Waals surface area contributed by atoms with E-state index < -0.39 is 5.97 Å². The van der Waals surface area contributed by atoms with E-state index in [1.54, 1.807) is 13.1 Å². The highest BCUT2D eigenvalue weighted by Crippen LogP contribution is 2.33. The Morgan fingerprint density at radius 3 is 2.82 bits per heavy atom. The number of nitrogens with zero attached hydrogens (tertiary/aromatic N) is 4. The summed E-state index contributed by atoms with van der Waals surface area (Å²) in [6.45, 7) is 5.86. The maximum absolute atomic E-state index is 11.9. The number of nitrogens with two attached hydrogens (primary N) is 1. The van der Waals surface area contributed by atoms with E-state index in [1.807, 2.05) is 0 Å². The van der Waals surface area contributed by atoms with Gasteiger partial charge >= 0.3 is 5.97 Å². The van der Waals surface area contributed by atoms with Gasteiger partial charge in [-0.25, -0.2) is 14.8 Å². The Morgan fingerprint density at radius 1 is 1.41 bits per heavy atom. The number of aromatic nitrogens is 2. The van der Waals surface area contributed by atoms with E-state index in [2.05, 4.69) is 26.8 Å². The zero-order valence-corrected chi connectivity index (χ0v) is 13.5. The van der Waals surface area contributed by atoms with Crippen LogP contribution in [0.4, 0.5) is 11.6 Å². The lowest BCUT2D eigenvalue weighted by Gasteiger charge is -2.32. The molecule has 8 heteroatoms. The molecule has 2 aromatic heterocycles. The lowest BCUT2D eigenvalue weighted by atomic mass is 10.3. The molecule has 1 fully saturated rings. The van der Waals surface area contributed by atoms with Crippen LogP contribution in [0.2, 0.25) is 0 Å². The van der Waals surface area contributed by atoms with Gasteiger partial charge in [-0.1, -0.05) is 0 Å². The van der Waals surface area contributed by atoms with Gasteiger partial charge in [0.25, 0.3) is 0 Å². The molecule has 118 valence electrons. The minimum atomic E-state index is -0.399. The fourth-order valence-corrected chi connectivity index (χ4v) is 3.36. The third-order valence-electron chi connectivity index (χ3n) is 3.72. The van der Waals surface area contributed by atoms with Crippen molar-refractivity contribution in [1.29, 1.82) is 0 Å². The molecule has 0 aliphatic carbocycles. The van der Waals surface area contributed by atoms with Crippen LogP contribution in [0.1, 0.15) is 16.6 Å². The standard InChI is InChI=1S/C14H19N5O2S/c1-3-21-13(20)11-10(15)9-8-16-14(17-12(9)22-11)19-6-4-18(2)5-7-19/h8H,3-7,15H2,1-2H3. The van der Waals surface area contributed by atoms with Crippen molar-refractivity contribution in [3.05, 3.63) is 11.1 Å². The molecule has 0 aromatic carbocycles. The number of nitrogen functional groups attached to an aromatic ring is 1. The molecule has 0 radical (unpaired) electrons. The Bertz CT molecular complexity index is 694. The maximum atomic E-state index is 11.9. The first-order chi connectivity index (χ1) is 10.6. The summed E-state index contributed by atoms with van der Waals surface area (Å²) in [5.41, 5.74) is 6.43. The van der Waals surface area contributed by atoms with E-state index in [0.717, 1.165) is 31.0 Å². The first kappa shape index (κ1) is 15.0. The maximum Gasteiger partial charge on any atom is 0.350 e. The second-order valence-corrected chi connectivity index (χ2v) is 6.24. The van der Waals surface area contributed by atoms with Crippen LogP contribution in [-0.2, 0) is 4.74 Å². The molecule has 0 atom stereocenters. The van der Waals surface area contributed by atoms with E-state index >= 15 is 0 Å². The van der Waals surface area contributed by atoms with Crippen molar-refractivity contribution in [1.82, 2.24) is 14.9 Å². The molecule has 1 saturated heterocycles. The smallest absolute Gasteiger partial charge is 0.350 e. The quantitative estimate of drug-likeness (QED) is 0.850.